The van der Waals surface area contributed by atoms with E-state index in [-0.39, 0.29) is 28.9 Å². The first-order valence-electron chi connectivity index (χ1n) is 10.0. The molecule has 27 heavy (non-hydrogen) atoms. The van der Waals surface area contributed by atoms with Crippen LogP contribution in [0.5, 0.6) is 5.75 Å². The quantitative estimate of drug-likeness (QED) is 0.272. The Labute approximate surface area is 167 Å². The number of rotatable bonds is 13. The molecular weight excluding hydrogens is 364 g/mol. The van der Waals surface area contributed by atoms with E-state index in [2.05, 4.69) is 17.6 Å². The molecule has 0 spiro atoms. The van der Waals surface area contributed by atoms with E-state index in [0.29, 0.717) is 11.4 Å². The standard InChI is InChI=1S/C21H33ClN2O3/c1-3-4-5-6-7-8-9-10-11-12-13-20(26)24-19-15-17(22)14-18(21(19)27)23-16(2)25/h14-15,27H,3-13H2,1-2H3,(H,23,25)(H,24,26). The van der Waals surface area contributed by atoms with Gasteiger partial charge in [-0.2, -0.15) is 0 Å². The molecule has 5 nitrogen and oxygen atoms in total. The third kappa shape index (κ3) is 10.2. The van der Waals surface area contributed by atoms with E-state index in [1.165, 1.54) is 64.0 Å². The smallest absolute Gasteiger partial charge is 0.224 e. The maximum Gasteiger partial charge on any atom is 0.224 e. The van der Waals surface area contributed by atoms with Gasteiger partial charge >= 0.3 is 0 Å². The number of anilines is 2. The number of phenolic OH excluding ortho intramolecular Hbond substituents is 1. The molecule has 0 atom stereocenters. The number of halogens is 1. The van der Waals surface area contributed by atoms with Crippen LogP contribution in [0, 0.1) is 0 Å². The van der Waals surface area contributed by atoms with Crippen LogP contribution in [0.4, 0.5) is 11.4 Å². The molecule has 0 saturated carbocycles. The number of unbranched alkanes of at least 4 members (excludes halogenated alkanes) is 9. The number of hydrogen-bond acceptors (Lipinski definition) is 3. The molecule has 0 bridgehead atoms. The van der Waals surface area contributed by atoms with E-state index < -0.39 is 0 Å². The molecule has 0 aliphatic rings. The summed E-state index contributed by atoms with van der Waals surface area (Å²) >= 11 is 5.99. The molecule has 0 aliphatic carbocycles. The van der Waals surface area contributed by atoms with Gasteiger partial charge in [-0.25, -0.2) is 0 Å². The highest BCUT2D eigenvalue weighted by molar-refractivity contribution is 6.31. The molecule has 2 amide bonds. The molecular formula is C21H33ClN2O3. The average Bonchev–Trinajstić information content (AvgIpc) is 2.60. The van der Waals surface area contributed by atoms with E-state index in [1.807, 2.05) is 0 Å². The first-order valence-corrected chi connectivity index (χ1v) is 10.4. The number of carbonyl (C=O) groups excluding carboxylic acids is 2. The fourth-order valence-electron chi connectivity index (χ4n) is 2.97. The lowest BCUT2D eigenvalue weighted by Gasteiger charge is -2.12. The van der Waals surface area contributed by atoms with Crippen LogP contribution in [0.3, 0.4) is 0 Å². The highest BCUT2D eigenvalue weighted by Crippen LogP contribution is 2.35. The number of amides is 2. The second-order valence-corrected chi connectivity index (χ2v) is 7.45. The van der Waals surface area contributed by atoms with E-state index in [4.69, 9.17) is 11.6 Å². The van der Waals surface area contributed by atoms with Crippen LogP contribution >= 0.6 is 11.6 Å². The van der Waals surface area contributed by atoms with Crippen molar-refractivity contribution in [2.24, 2.45) is 0 Å². The molecule has 6 heteroatoms. The van der Waals surface area contributed by atoms with Gasteiger partial charge < -0.3 is 15.7 Å². The number of phenols is 1. The molecule has 0 unspecified atom stereocenters. The van der Waals surface area contributed by atoms with Crippen molar-refractivity contribution in [3.05, 3.63) is 17.2 Å². The van der Waals surface area contributed by atoms with Gasteiger partial charge in [-0.15, -0.1) is 0 Å². The molecule has 0 heterocycles. The summed E-state index contributed by atoms with van der Waals surface area (Å²) < 4.78 is 0. The molecule has 3 N–H and O–H groups in total. The highest BCUT2D eigenvalue weighted by Gasteiger charge is 2.13. The van der Waals surface area contributed by atoms with Crippen LogP contribution in [0.2, 0.25) is 5.02 Å². The molecule has 0 aromatic heterocycles. The Morgan fingerprint density at radius 2 is 1.37 bits per heavy atom. The predicted molar refractivity (Wildman–Crippen MR) is 113 cm³/mol. The van der Waals surface area contributed by atoms with Gasteiger partial charge in [-0.1, -0.05) is 76.3 Å². The summed E-state index contributed by atoms with van der Waals surface area (Å²) in [4.78, 5) is 23.3. The van der Waals surface area contributed by atoms with Gasteiger partial charge in [0.1, 0.15) is 0 Å². The van der Waals surface area contributed by atoms with E-state index in [0.717, 1.165) is 19.3 Å². The molecule has 1 aromatic carbocycles. The average molecular weight is 397 g/mol. The lowest BCUT2D eigenvalue weighted by molar-refractivity contribution is -0.116. The molecule has 0 fully saturated rings. The van der Waals surface area contributed by atoms with Crippen molar-refractivity contribution in [1.29, 1.82) is 0 Å². The fourth-order valence-corrected chi connectivity index (χ4v) is 3.18. The minimum absolute atomic E-state index is 0.166. The van der Waals surface area contributed by atoms with Crippen molar-refractivity contribution in [1.82, 2.24) is 0 Å². The topological polar surface area (TPSA) is 78.4 Å². The Kier molecular flexibility index (Phi) is 11.6. The second-order valence-electron chi connectivity index (χ2n) is 7.01. The Bertz CT molecular complexity index is 605. The van der Waals surface area contributed by atoms with Crippen molar-refractivity contribution in [2.75, 3.05) is 10.6 Å². The molecule has 0 aliphatic heterocycles. The second kappa shape index (κ2) is 13.4. The minimum atomic E-state index is -0.324. The third-order valence-electron chi connectivity index (χ3n) is 4.42. The predicted octanol–water partition coefficient (Wildman–Crippen LogP) is 6.25. The fraction of sp³-hybridized carbons (Fsp3) is 0.619. The first kappa shape index (κ1) is 23.3. The summed E-state index contributed by atoms with van der Waals surface area (Å²) in [6, 6.07) is 2.91. The van der Waals surface area contributed by atoms with Gasteiger partial charge in [0.15, 0.2) is 5.75 Å². The number of hydrogen-bond donors (Lipinski definition) is 3. The van der Waals surface area contributed by atoms with Gasteiger partial charge in [0.05, 0.1) is 11.4 Å². The van der Waals surface area contributed by atoms with Gasteiger partial charge in [-0.3, -0.25) is 9.59 Å². The number of carbonyl (C=O) groups is 2. The van der Waals surface area contributed by atoms with E-state index >= 15 is 0 Å². The molecule has 152 valence electrons. The van der Waals surface area contributed by atoms with E-state index in [1.54, 1.807) is 0 Å². The highest BCUT2D eigenvalue weighted by atomic mass is 35.5. The van der Waals surface area contributed by atoms with Crippen molar-refractivity contribution in [3.8, 4) is 5.75 Å². The largest absolute Gasteiger partial charge is 0.504 e. The van der Waals surface area contributed by atoms with Gasteiger partial charge in [0.2, 0.25) is 11.8 Å². The van der Waals surface area contributed by atoms with Crippen LogP contribution in [0.15, 0.2) is 12.1 Å². The Balaban J connectivity index is 2.27. The minimum Gasteiger partial charge on any atom is -0.504 e. The molecule has 1 aromatic rings. The zero-order chi connectivity index (χ0) is 20.1. The van der Waals surface area contributed by atoms with Crippen LogP contribution in [0.1, 0.15) is 84.5 Å². The summed E-state index contributed by atoms with van der Waals surface area (Å²) in [6.45, 7) is 3.57. The van der Waals surface area contributed by atoms with Crippen LogP contribution < -0.4 is 10.6 Å². The lowest BCUT2D eigenvalue weighted by Crippen LogP contribution is -2.12. The lowest BCUT2D eigenvalue weighted by atomic mass is 10.1. The Morgan fingerprint density at radius 1 is 0.889 bits per heavy atom. The SMILES string of the molecule is CCCCCCCCCCCCC(=O)Nc1cc(Cl)cc(NC(C)=O)c1O. The zero-order valence-corrected chi connectivity index (χ0v) is 17.3. The van der Waals surface area contributed by atoms with Gasteiger partial charge in [0, 0.05) is 18.4 Å². The van der Waals surface area contributed by atoms with Crippen LogP contribution in [-0.2, 0) is 9.59 Å². The van der Waals surface area contributed by atoms with Crippen molar-refractivity contribution in [2.45, 2.75) is 84.5 Å². The van der Waals surface area contributed by atoms with Crippen molar-refractivity contribution < 1.29 is 14.7 Å². The van der Waals surface area contributed by atoms with Crippen molar-refractivity contribution in [3.63, 3.8) is 0 Å². The summed E-state index contributed by atoms with van der Waals surface area (Å²) in [7, 11) is 0. The molecule has 0 saturated heterocycles. The van der Waals surface area contributed by atoms with Gasteiger partial charge in [-0.05, 0) is 18.6 Å². The summed E-state index contributed by atoms with van der Waals surface area (Å²) in [5.41, 5.74) is 0.396. The summed E-state index contributed by atoms with van der Waals surface area (Å²) in [5, 5.41) is 15.7. The normalized spacial score (nSPS) is 10.6. The van der Waals surface area contributed by atoms with Gasteiger partial charge in [0.25, 0.3) is 0 Å². The Morgan fingerprint density at radius 3 is 1.89 bits per heavy atom. The molecule has 1 rings (SSSR count). The maximum atomic E-state index is 12.1. The zero-order valence-electron chi connectivity index (χ0n) is 16.6. The maximum absolute atomic E-state index is 12.1. The Hall–Kier alpha value is -1.75. The monoisotopic (exact) mass is 396 g/mol. The number of nitrogens with one attached hydrogen (secondary N) is 2. The molecule has 0 radical (unpaired) electrons. The number of aromatic hydroxyl groups is 1. The van der Waals surface area contributed by atoms with Crippen molar-refractivity contribution >= 4 is 34.8 Å². The van der Waals surface area contributed by atoms with Crippen LogP contribution in [0.25, 0.3) is 0 Å². The first-order chi connectivity index (χ1) is 12.9. The third-order valence-corrected chi connectivity index (χ3v) is 4.64. The van der Waals surface area contributed by atoms with E-state index in [9.17, 15) is 14.7 Å². The number of benzene rings is 1. The van der Waals surface area contributed by atoms with Crippen LogP contribution in [-0.4, -0.2) is 16.9 Å². The summed E-state index contributed by atoms with van der Waals surface area (Å²) in [5.74, 6) is -0.679. The summed E-state index contributed by atoms with van der Waals surface area (Å²) in [6.07, 6.45) is 12.5.